The minimum Gasteiger partial charge on any atom is -0.395 e. The van der Waals surface area contributed by atoms with Crippen LogP contribution in [0.5, 0.6) is 11.5 Å². The molecule has 1 amide bonds. The summed E-state index contributed by atoms with van der Waals surface area (Å²) in [5, 5.41) is 2.20. The van der Waals surface area contributed by atoms with Crippen molar-refractivity contribution < 1.29 is 36.2 Å². The van der Waals surface area contributed by atoms with Gasteiger partial charge in [0.25, 0.3) is 5.91 Å². The molecule has 5 nitrogen and oxygen atoms in total. The van der Waals surface area contributed by atoms with Gasteiger partial charge in [0.2, 0.25) is 0 Å². The zero-order valence-electron chi connectivity index (χ0n) is 15.1. The number of aryl methyl sites for hydroxylation is 1. The maximum Gasteiger partial charge on any atom is 0.586 e. The molecule has 0 radical (unpaired) electrons. The summed E-state index contributed by atoms with van der Waals surface area (Å²) in [5.41, 5.74) is -0.194. The Morgan fingerprint density at radius 3 is 2.20 bits per heavy atom. The predicted molar refractivity (Wildman–Crippen MR) is 94.9 cm³/mol. The lowest BCUT2D eigenvalue weighted by Gasteiger charge is -2.11. The molecular weight excluding hydrogens is 411 g/mol. The summed E-state index contributed by atoms with van der Waals surface area (Å²) in [6.07, 6.45) is -2.46. The number of aromatic nitrogens is 1. The Morgan fingerprint density at radius 1 is 0.933 bits per heavy atom. The van der Waals surface area contributed by atoms with Crippen LogP contribution in [-0.4, -0.2) is 17.2 Å². The number of halogens is 5. The summed E-state index contributed by atoms with van der Waals surface area (Å²) < 4.78 is 77.2. The summed E-state index contributed by atoms with van der Waals surface area (Å²) in [4.78, 5) is 15.4. The zero-order valence-corrected chi connectivity index (χ0v) is 15.1. The molecule has 0 fully saturated rings. The lowest BCUT2D eigenvalue weighted by Crippen LogP contribution is -2.25. The van der Waals surface area contributed by atoms with Crippen molar-refractivity contribution in [1.29, 1.82) is 0 Å². The third-order valence-corrected chi connectivity index (χ3v) is 4.35. The maximum absolute atomic E-state index is 14.7. The first-order valence-corrected chi connectivity index (χ1v) is 8.45. The van der Waals surface area contributed by atoms with E-state index in [4.69, 9.17) is 0 Å². The lowest BCUT2D eigenvalue weighted by atomic mass is 9.99. The number of amides is 1. The number of benzene rings is 2. The van der Waals surface area contributed by atoms with E-state index in [1.165, 1.54) is 24.3 Å². The van der Waals surface area contributed by atoms with Crippen molar-refractivity contribution in [3.63, 3.8) is 0 Å². The smallest absolute Gasteiger partial charge is 0.395 e. The molecule has 1 aliphatic rings. The number of rotatable bonds is 3. The highest BCUT2D eigenvalue weighted by Gasteiger charge is 2.43. The number of alkyl halides is 2. The van der Waals surface area contributed by atoms with E-state index < -0.39 is 35.2 Å². The van der Waals surface area contributed by atoms with Gasteiger partial charge in [-0.15, -0.1) is 8.78 Å². The second-order valence-corrected chi connectivity index (χ2v) is 6.41. The molecule has 0 bridgehead atoms. The largest absolute Gasteiger partial charge is 0.586 e. The molecule has 1 N–H and O–H groups in total. The van der Waals surface area contributed by atoms with E-state index in [1.807, 2.05) is 0 Å². The normalized spacial score (nSPS) is 13.9. The number of carbonyl (C=O) groups is 1. The minimum absolute atomic E-state index is 0.0355. The van der Waals surface area contributed by atoms with Crippen molar-refractivity contribution in [3.8, 4) is 22.6 Å². The van der Waals surface area contributed by atoms with Gasteiger partial charge in [0.05, 0.1) is 12.4 Å². The Hall–Kier alpha value is -3.69. The van der Waals surface area contributed by atoms with Crippen LogP contribution in [-0.2, 0) is 0 Å². The van der Waals surface area contributed by atoms with Crippen molar-refractivity contribution in [1.82, 2.24) is 4.98 Å². The summed E-state index contributed by atoms with van der Waals surface area (Å²) in [6, 6.07) is 6.02. The third-order valence-electron chi connectivity index (χ3n) is 4.35. The zero-order chi connectivity index (χ0) is 21.6. The Labute approximate surface area is 166 Å². The first-order valence-electron chi connectivity index (χ1n) is 8.45. The van der Waals surface area contributed by atoms with Gasteiger partial charge in [-0.2, -0.15) is 0 Å². The van der Waals surface area contributed by atoms with Crippen LogP contribution in [0.15, 0.2) is 42.7 Å². The maximum atomic E-state index is 14.7. The molecule has 10 heteroatoms. The van der Waals surface area contributed by atoms with Crippen molar-refractivity contribution in [2.45, 2.75) is 13.2 Å². The number of ether oxygens (including phenoxy) is 2. The highest BCUT2D eigenvalue weighted by atomic mass is 19.3. The minimum atomic E-state index is -3.81. The molecule has 0 unspecified atom stereocenters. The van der Waals surface area contributed by atoms with E-state index in [-0.39, 0.29) is 28.3 Å². The van der Waals surface area contributed by atoms with Gasteiger partial charge in [0.1, 0.15) is 11.4 Å². The fourth-order valence-corrected chi connectivity index (χ4v) is 3.02. The number of fused-ring (bicyclic) bond motifs is 1. The summed E-state index contributed by atoms with van der Waals surface area (Å²) in [5.74, 6) is -4.69. The Bertz CT molecular complexity index is 1160. The number of hydrogen-bond acceptors (Lipinski definition) is 4. The van der Waals surface area contributed by atoms with Crippen molar-refractivity contribution in [3.05, 3.63) is 71.3 Å². The first kappa shape index (κ1) is 19.6. The topological polar surface area (TPSA) is 60.5 Å². The van der Waals surface area contributed by atoms with Crippen LogP contribution >= 0.6 is 0 Å². The number of pyridine rings is 1. The van der Waals surface area contributed by atoms with Crippen LogP contribution < -0.4 is 14.8 Å². The highest BCUT2D eigenvalue weighted by molar-refractivity contribution is 6.04. The number of hydrogen-bond donors (Lipinski definition) is 1. The van der Waals surface area contributed by atoms with E-state index in [0.29, 0.717) is 18.0 Å². The van der Waals surface area contributed by atoms with Gasteiger partial charge in [-0.3, -0.25) is 9.78 Å². The molecule has 2 heterocycles. The van der Waals surface area contributed by atoms with Crippen LogP contribution in [0.3, 0.4) is 0 Å². The van der Waals surface area contributed by atoms with Gasteiger partial charge in [0.15, 0.2) is 23.1 Å². The monoisotopic (exact) mass is 422 g/mol. The van der Waals surface area contributed by atoms with Crippen LogP contribution in [0.1, 0.15) is 15.9 Å². The average Bonchev–Trinajstić information content (AvgIpc) is 2.94. The van der Waals surface area contributed by atoms with E-state index in [0.717, 1.165) is 6.07 Å². The van der Waals surface area contributed by atoms with E-state index >= 15 is 0 Å². The third kappa shape index (κ3) is 3.51. The Morgan fingerprint density at radius 2 is 1.57 bits per heavy atom. The van der Waals surface area contributed by atoms with Crippen LogP contribution in [0.25, 0.3) is 11.1 Å². The van der Waals surface area contributed by atoms with Crippen LogP contribution in [0, 0.1) is 24.4 Å². The van der Waals surface area contributed by atoms with Crippen molar-refractivity contribution in [2.75, 3.05) is 5.32 Å². The quantitative estimate of drug-likeness (QED) is 0.601. The molecule has 0 saturated heterocycles. The molecule has 154 valence electrons. The fraction of sp³-hybridized carbons (Fsp3) is 0.100. The van der Waals surface area contributed by atoms with Crippen LogP contribution in [0.2, 0.25) is 0 Å². The summed E-state index contributed by atoms with van der Waals surface area (Å²) in [6.45, 7) is 1.57. The van der Waals surface area contributed by atoms with Gasteiger partial charge in [0, 0.05) is 11.3 Å². The second-order valence-electron chi connectivity index (χ2n) is 6.41. The van der Waals surface area contributed by atoms with E-state index in [2.05, 4.69) is 19.8 Å². The SMILES string of the molecule is Cc1cc2c(cc1-c1ccc(NC(=O)c3c(F)cncc3F)cc1F)OC(F)(F)O2. The van der Waals surface area contributed by atoms with Gasteiger partial charge in [-0.25, -0.2) is 13.2 Å². The molecule has 1 aromatic heterocycles. The molecule has 3 aromatic rings. The van der Waals surface area contributed by atoms with E-state index in [9.17, 15) is 26.7 Å². The number of nitrogens with one attached hydrogen (secondary N) is 1. The molecular formula is C20H11F5N2O3. The number of anilines is 1. The van der Waals surface area contributed by atoms with Gasteiger partial charge < -0.3 is 14.8 Å². The van der Waals surface area contributed by atoms with Gasteiger partial charge >= 0.3 is 6.29 Å². The molecule has 0 atom stereocenters. The second kappa shape index (κ2) is 6.97. The van der Waals surface area contributed by atoms with Gasteiger partial charge in [-0.1, -0.05) is 0 Å². The molecule has 4 rings (SSSR count). The number of nitrogens with zero attached hydrogens (tertiary/aromatic N) is 1. The number of carbonyl (C=O) groups excluding carboxylic acids is 1. The molecule has 2 aromatic carbocycles. The average molecular weight is 422 g/mol. The fourth-order valence-electron chi connectivity index (χ4n) is 3.02. The van der Waals surface area contributed by atoms with Crippen LogP contribution in [0.4, 0.5) is 27.6 Å². The molecule has 0 saturated carbocycles. The standard InChI is InChI=1S/C20H11F5N2O3/c1-9-4-16-17(30-20(24,25)29-16)6-12(9)11-3-2-10(5-13(11)21)27-19(28)18-14(22)7-26-8-15(18)23/h2-8H,1H3,(H,27,28). The molecule has 1 aliphatic heterocycles. The first-order chi connectivity index (χ1) is 14.1. The molecule has 30 heavy (non-hydrogen) atoms. The molecule has 0 aliphatic carbocycles. The van der Waals surface area contributed by atoms with Crippen molar-refractivity contribution >= 4 is 11.6 Å². The highest BCUT2D eigenvalue weighted by Crippen LogP contribution is 2.45. The molecule has 0 spiro atoms. The Kier molecular flexibility index (Phi) is 4.56. The van der Waals surface area contributed by atoms with E-state index in [1.54, 1.807) is 6.92 Å². The summed E-state index contributed by atoms with van der Waals surface area (Å²) >= 11 is 0. The lowest BCUT2D eigenvalue weighted by molar-refractivity contribution is -0.286. The van der Waals surface area contributed by atoms with Crippen molar-refractivity contribution in [2.24, 2.45) is 0 Å². The van der Waals surface area contributed by atoms with Gasteiger partial charge in [-0.05, 0) is 48.4 Å². The predicted octanol–water partition coefficient (Wildman–Crippen LogP) is 5.05. The Balaban J connectivity index is 1.63. The summed E-state index contributed by atoms with van der Waals surface area (Å²) in [7, 11) is 0.